The topological polar surface area (TPSA) is 12.0 Å². The maximum absolute atomic E-state index is 3.71. The summed E-state index contributed by atoms with van der Waals surface area (Å²) in [5.41, 5.74) is 0.266. The zero-order valence-corrected chi connectivity index (χ0v) is 12.2. The van der Waals surface area contributed by atoms with Crippen molar-refractivity contribution in [2.45, 2.75) is 32.1 Å². The molecule has 1 nitrogen and oxygen atoms in total. The van der Waals surface area contributed by atoms with Crippen molar-refractivity contribution in [3.05, 3.63) is 34.5 Å². The molecule has 0 aliphatic heterocycles. The van der Waals surface area contributed by atoms with E-state index in [1.54, 1.807) is 0 Å². The van der Waals surface area contributed by atoms with Gasteiger partial charge in [-0.1, -0.05) is 32.1 Å². The van der Waals surface area contributed by atoms with Gasteiger partial charge in [-0.05, 0) is 48.6 Å². The summed E-state index contributed by atoms with van der Waals surface area (Å²) in [5, 5.41) is 5.89. The Balaban J connectivity index is 1.49. The molecule has 0 spiro atoms. The van der Waals surface area contributed by atoms with E-state index in [1.165, 1.54) is 24.3 Å². The van der Waals surface area contributed by atoms with Crippen LogP contribution in [0.1, 0.15) is 31.6 Å². The minimum atomic E-state index is 0.266. The highest BCUT2D eigenvalue weighted by Gasteiger charge is 2.35. The first-order valence-corrected chi connectivity index (χ1v) is 7.96. The molecule has 0 saturated heterocycles. The number of rotatable bonds is 5. The Morgan fingerprint density at radius 3 is 2.83 bits per heavy atom. The Morgan fingerprint density at radius 1 is 1.33 bits per heavy atom. The third-order valence-electron chi connectivity index (χ3n) is 4.58. The van der Waals surface area contributed by atoms with E-state index >= 15 is 0 Å². The molecule has 2 aliphatic carbocycles. The first-order chi connectivity index (χ1) is 8.65. The summed E-state index contributed by atoms with van der Waals surface area (Å²) in [6.45, 7) is 6.96. The zero-order chi connectivity index (χ0) is 12.6. The normalized spacial score (nSPS) is 30.2. The molecule has 18 heavy (non-hydrogen) atoms. The van der Waals surface area contributed by atoms with Crippen molar-refractivity contribution in [3.63, 3.8) is 0 Å². The number of fused-ring (bicyclic) bond motifs is 2. The van der Waals surface area contributed by atoms with Crippen molar-refractivity contribution < 1.29 is 0 Å². The van der Waals surface area contributed by atoms with Crippen LogP contribution in [0.25, 0.3) is 0 Å². The summed E-state index contributed by atoms with van der Waals surface area (Å²) in [6.07, 6.45) is 7.70. The Hall–Kier alpha value is -0.600. The Kier molecular flexibility index (Phi) is 3.33. The molecule has 3 unspecified atom stereocenters. The molecule has 1 N–H and O–H groups in total. The molecule has 1 aromatic heterocycles. The van der Waals surface area contributed by atoms with Gasteiger partial charge in [-0.3, -0.25) is 0 Å². The van der Waals surface area contributed by atoms with Gasteiger partial charge in [0.15, 0.2) is 0 Å². The molecule has 0 aromatic carbocycles. The quantitative estimate of drug-likeness (QED) is 0.794. The van der Waals surface area contributed by atoms with Crippen molar-refractivity contribution in [2.75, 3.05) is 13.1 Å². The monoisotopic (exact) mass is 261 g/mol. The Bertz CT molecular complexity index is 418. The molecule has 2 aliphatic rings. The van der Waals surface area contributed by atoms with Gasteiger partial charge >= 0.3 is 0 Å². The van der Waals surface area contributed by atoms with Gasteiger partial charge in [-0.2, -0.15) is 0 Å². The molecule has 2 bridgehead atoms. The third kappa shape index (κ3) is 2.41. The summed E-state index contributed by atoms with van der Waals surface area (Å²) in [7, 11) is 0. The molecule has 98 valence electrons. The van der Waals surface area contributed by atoms with Crippen LogP contribution in [0.5, 0.6) is 0 Å². The predicted octanol–water partition coefficient (Wildman–Crippen LogP) is 3.83. The lowest BCUT2D eigenvalue weighted by Gasteiger charge is -2.26. The van der Waals surface area contributed by atoms with Crippen molar-refractivity contribution in [1.82, 2.24) is 5.32 Å². The van der Waals surface area contributed by atoms with Crippen LogP contribution in [0.2, 0.25) is 0 Å². The number of thiophene rings is 1. The van der Waals surface area contributed by atoms with Gasteiger partial charge in [0, 0.05) is 16.8 Å². The van der Waals surface area contributed by atoms with E-state index < -0.39 is 0 Å². The first kappa shape index (κ1) is 12.4. The van der Waals surface area contributed by atoms with Gasteiger partial charge in [0.25, 0.3) is 0 Å². The molecule has 1 fully saturated rings. The second-order valence-electron chi connectivity index (χ2n) is 6.53. The van der Waals surface area contributed by atoms with Gasteiger partial charge in [-0.15, -0.1) is 11.3 Å². The minimum Gasteiger partial charge on any atom is -0.316 e. The fourth-order valence-corrected chi connectivity index (χ4v) is 4.30. The number of hydrogen-bond acceptors (Lipinski definition) is 2. The van der Waals surface area contributed by atoms with Crippen molar-refractivity contribution in [1.29, 1.82) is 0 Å². The minimum absolute atomic E-state index is 0.266. The third-order valence-corrected chi connectivity index (χ3v) is 5.81. The molecule has 0 radical (unpaired) electrons. The zero-order valence-electron chi connectivity index (χ0n) is 11.4. The second-order valence-corrected chi connectivity index (χ2v) is 7.48. The molecular weight excluding hydrogens is 238 g/mol. The molecule has 3 rings (SSSR count). The summed E-state index contributed by atoms with van der Waals surface area (Å²) < 4.78 is 0. The van der Waals surface area contributed by atoms with Gasteiger partial charge in [0.1, 0.15) is 0 Å². The standard InChI is InChI=1S/C16H23NS/c1-16(2,15-4-3-7-18-15)11-17-10-14-9-12-5-6-13(14)8-12/h3-7,12-14,17H,8-11H2,1-2H3. The van der Waals surface area contributed by atoms with Crippen molar-refractivity contribution in [3.8, 4) is 0 Å². The van der Waals surface area contributed by atoms with E-state index in [1.807, 2.05) is 11.3 Å². The molecule has 3 atom stereocenters. The van der Waals surface area contributed by atoms with Crippen LogP contribution in [-0.2, 0) is 5.41 Å². The average molecular weight is 261 g/mol. The highest BCUT2D eigenvalue weighted by atomic mass is 32.1. The highest BCUT2D eigenvalue weighted by molar-refractivity contribution is 7.10. The lowest BCUT2D eigenvalue weighted by atomic mass is 9.90. The number of allylic oxidation sites excluding steroid dienone is 2. The van der Waals surface area contributed by atoms with Gasteiger partial charge in [0.05, 0.1) is 0 Å². The van der Waals surface area contributed by atoms with Crippen LogP contribution in [0.4, 0.5) is 0 Å². The van der Waals surface area contributed by atoms with E-state index in [-0.39, 0.29) is 5.41 Å². The maximum atomic E-state index is 3.71. The fourth-order valence-electron chi connectivity index (χ4n) is 3.45. The lowest BCUT2D eigenvalue weighted by molar-refractivity contribution is 0.384. The Morgan fingerprint density at radius 2 is 2.22 bits per heavy atom. The molecule has 1 aromatic rings. The van der Waals surface area contributed by atoms with E-state index in [9.17, 15) is 0 Å². The van der Waals surface area contributed by atoms with Crippen molar-refractivity contribution in [2.24, 2.45) is 17.8 Å². The van der Waals surface area contributed by atoms with E-state index in [4.69, 9.17) is 0 Å². The summed E-state index contributed by atoms with van der Waals surface area (Å²) >= 11 is 1.87. The van der Waals surface area contributed by atoms with Crippen LogP contribution < -0.4 is 5.32 Å². The van der Waals surface area contributed by atoms with E-state index in [2.05, 4.69) is 48.8 Å². The van der Waals surface area contributed by atoms with Gasteiger partial charge in [-0.25, -0.2) is 0 Å². The van der Waals surface area contributed by atoms with Gasteiger partial charge in [0.2, 0.25) is 0 Å². The van der Waals surface area contributed by atoms with Crippen LogP contribution in [0, 0.1) is 17.8 Å². The average Bonchev–Trinajstić information content (AvgIpc) is 3.06. The first-order valence-electron chi connectivity index (χ1n) is 7.08. The molecule has 1 heterocycles. The smallest absolute Gasteiger partial charge is 0.0115 e. The van der Waals surface area contributed by atoms with Gasteiger partial charge < -0.3 is 5.32 Å². The lowest BCUT2D eigenvalue weighted by Crippen LogP contribution is -2.35. The molecule has 1 saturated carbocycles. The molecular formula is C16H23NS. The van der Waals surface area contributed by atoms with E-state index in [0.717, 1.165) is 24.3 Å². The number of nitrogens with one attached hydrogen (secondary N) is 1. The summed E-state index contributed by atoms with van der Waals surface area (Å²) in [5.74, 6) is 2.65. The second kappa shape index (κ2) is 4.82. The van der Waals surface area contributed by atoms with Crippen LogP contribution >= 0.6 is 11.3 Å². The SMILES string of the molecule is CC(C)(CNCC1CC2C=CC1C2)c1cccs1. The number of hydrogen-bond donors (Lipinski definition) is 1. The van der Waals surface area contributed by atoms with Crippen LogP contribution in [0.3, 0.4) is 0 Å². The van der Waals surface area contributed by atoms with Crippen molar-refractivity contribution >= 4 is 11.3 Å². The van der Waals surface area contributed by atoms with Crippen LogP contribution in [-0.4, -0.2) is 13.1 Å². The van der Waals surface area contributed by atoms with E-state index in [0.29, 0.717) is 0 Å². The summed E-state index contributed by atoms with van der Waals surface area (Å²) in [6, 6.07) is 4.41. The predicted molar refractivity (Wildman–Crippen MR) is 79.1 cm³/mol. The molecule has 2 heteroatoms. The summed E-state index contributed by atoms with van der Waals surface area (Å²) in [4.78, 5) is 1.49. The van der Waals surface area contributed by atoms with Crippen LogP contribution in [0.15, 0.2) is 29.7 Å². The largest absolute Gasteiger partial charge is 0.316 e. The fraction of sp³-hybridized carbons (Fsp3) is 0.625. The maximum Gasteiger partial charge on any atom is 0.0115 e. The molecule has 0 amide bonds. The Labute approximate surface area is 114 Å². The highest BCUT2D eigenvalue weighted by Crippen LogP contribution is 2.43.